The number of ether oxygens (including phenoxy) is 2. The summed E-state index contributed by atoms with van der Waals surface area (Å²) in [6, 6.07) is 0. The molecule has 1 unspecified atom stereocenters. The quantitative estimate of drug-likeness (QED) is 0.0274. The molecule has 0 aliphatic carbocycles. The predicted octanol–water partition coefficient (Wildman–Crippen LogP) is 11.5. The highest BCUT2D eigenvalue weighted by molar-refractivity contribution is 7.47. The Bertz CT molecular complexity index is 1100. The summed E-state index contributed by atoms with van der Waals surface area (Å²) in [4.78, 5) is 34.8. The van der Waals surface area contributed by atoms with E-state index in [4.69, 9.17) is 24.3 Å². The number of carbonyl (C=O) groups excluding carboxylic acids is 2. The van der Waals surface area contributed by atoms with Gasteiger partial charge in [-0.05, 0) is 83.5 Å². The molecule has 0 aliphatic rings. The minimum absolute atomic E-state index is 0.0437. The van der Waals surface area contributed by atoms with Gasteiger partial charge in [-0.1, -0.05) is 132 Å². The van der Waals surface area contributed by atoms with Crippen molar-refractivity contribution in [1.29, 1.82) is 0 Å². The lowest BCUT2D eigenvalue weighted by atomic mass is 10.1. The van der Waals surface area contributed by atoms with E-state index in [9.17, 15) is 19.0 Å². The molecule has 0 aromatic rings. The molecule has 0 radical (unpaired) electrons. The van der Waals surface area contributed by atoms with Crippen molar-refractivity contribution in [3.8, 4) is 0 Å². The van der Waals surface area contributed by atoms with Crippen LogP contribution in [0.1, 0.15) is 155 Å². The summed E-state index contributed by atoms with van der Waals surface area (Å²) in [5.74, 6) is -0.884. The van der Waals surface area contributed by atoms with Crippen LogP contribution in [0.15, 0.2) is 72.9 Å². The number of phosphoric acid groups is 1. The first kappa shape index (κ1) is 50.5. The van der Waals surface area contributed by atoms with Crippen LogP contribution in [0.5, 0.6) is 0 Å². The van der Waals surface area contributed by atoms with Gasteiger partial charge in [0.05, 0.1) is 13.2 Å². The van der Waals surface area contributed by atoms with Gasteiger partial charge in [-0.25, -0.2) is 4.57 Å². The van der Waals surface area contributed by atoms with Crippen LogP contribution in [-0.4, -0.2) is 49.3 Å². The van der Waals surface area contributed by atoms with Crippen LogP contribution in [0.25, 0.3) is 0 Å². The van der Waals surface area contributed by atoms with Crippen LogP contribution in [0.4, 0.5) is 0 Å². The SMILES string of the molecule is CC/C=C\C/C=C\C/C=C\C/C=C\C/C=C\CCCCCC(=O)OC[C@H](COP(=O)(O)OCCN)OC(=O)CCCCCCC/C=C\CCCCCC. The lowest BCUT2D eigenvalue weighted by Gasteiger charge is -2.19. The summed E-state index contributed by atoms with van der Waals surface area (Å²) in [6.07, 6.45) is 46.4. The molecule has 10 heteroatoms. The molecule has 0 saturated heterocycles. The van der Waals surface area contributed by atoms with Gasteiger partial charge in [-0.15, -0.1) is 0 Å². The average molecular weight is 764 g/mol. The molecule has 0 rings (SSSR count). The lowest BCUT2D eigenvalue weighted by Crippen LogP contribution is -2.29. The molecule has 0 saturated carbocycles. The Morgan fingerprint density at radius 1 is 0.585 bits per heavy atom. The molecule has 0 aromatic carbocycles. The standard InChI is InChI=1S/C43H74NO8P/c1-3-5-7-9-11-13-15-17-18-19-20-21-22-24-25-27-29-31-33-35-42(45)49-39-41(40-51-53(47,48)50-38-37-44)52-43(46)36-34-32-30-28-26-23-16-14-12-10-8-6-4-2/h5,7,11,13-14,16-18,20-21,24-25,41H,3-4,6,8-10,12,15,19,22-23,26-40,44H2,1-2H3,(H,47,48)/b7-5-,13-11-,16-14-,18-17-,21-20-,25-24-/t41-/m1/s1. The molecule has 0 bridgehead atoms. The van der Waals surface area contributed by atoms with E-state index in [-0.39, 0.29) is 32.6 Å². The summed E-state index contributed by atoms with van der Waals surface area (Å²) in [6.45, 7) is 3.53. The minimum Gasteiger partial charge on any atom is -0.462 e. The van der Waals surface area contributed by atoms with E-state index in [2.05, 4.69) is 86.8 Å². The summed E-state index contributed by atoms with van der Waals surface area (Å²) < 4.78 is 32.7. The van der Waals surface area contributed by atoms with E-state index in [1.165, 1.54) is 25.7 Å². The average Bonchev–Trinajstić information content (AvgIpc) is 3.14. The van der Waals surface area contributed by atoms with Gasteiger partial charge in [-0.2, -0.15) is 0 Å². The van der Waals surface area contributed by atoms with Crippen LogP contribution in [0.3, 0.4) is 0 Å². The van der Waals surface area contributed by atoms with Gasteiger partial charge >= 0.3 is 19.8 Å². The molecule has 0 aromatic heterocycles. The summed E-state index contributed by atoms with van der Waals surface area (Å²) in [5.41, 5.74) is 5.33. The monoisotopic (exact) mass is 764 g/mol. The molecule has 53 heavy (non-hydrogen) atoms. The Morgan fingerprint density at radius 2 is 1.04 bits per heavy atom. The third kappa shape index (κ3) is 39.0. The molecule has 0 amide bonds. The Labute approximate surface area is 322 Å². The van der Waals surface area contributed by atoms with Gasteiger partial charge in [0, 0.05) is 19.4 Å². The van der Waals surface area contributed by atoms with Gasteiger partial charge in [0.25, 0.3) is 0 Å². The zero-order valence-corrected chi connectivity index (χ0v) is 34.1. The number of carbonyl (C=O) groups is 2. The van der Waals surface area contributed by atoms with E-state index in [0.29, 0.717) is 12.8 Å². The second-order valence-corrected chi connectivity index (χ2v) is 14.6. The van der Waals surface area contributed by atoms with Gasteiger partial charge in [0.15, 0.2) is 6.10 Å². The molecule has 3 N–H and O–H groups in total. The number of unbranched alkanes of at least 4 members (excludes halogenated alkanes) is 12. The van der Waals surface area contributed by atoms with Crippen molar-refractivity contribution < 1.29 is 37.6 Å². The fraction of sp³-hybridized carbons (Fsp3) is 0.674. The third-order valence-electron chi connectivity index (χ3n) is 8.08. The summed E-state index contributed by atoms with van der Waals surface area (Å²) in [7, 11) is -4.39. The highest BCUT2D eigenvalue weighted by Gasteiger charge is 2.25. The van der Waals surface area contributed by atoms with Crippen molar-refractivity contribution >= 4 is 19.8 Å². The number of hydrogen-bond acceptors (Lipinski definition) is 8. The molecule has 0 spiro atoms. The highest BCUT2D eigenvalue weighted by atomic mass is 31.2. The van der Waals surface area contributed by atoms with E-state index in [1.807, 2.05) is 0 Å². The van der Waals surface area contributed by atoms with Crippen LogP contribution in [0.2, 0.25) is 0 Å². The van der Waals surface area contributed by atoms with E-state index in [0.717, 1.165) is 89.9 Å². The minimum atomic E-state index is -4.39. The van der Waals surface area contributed by atoms with Crippen LogP contribution >= 0.6 is 7.82 Å². The number of esters is 2. The van der Waals surface area contributed by atoms with E-state index < -0.39 is 32.5 Å². The molecule has 0 fully saturated rings. The largest absolute Gasteiger partial charge is 0.472 e. The number of nitrogens with two attached hydrogens (primary N) is 1. The molecular formula is C43H74NO8P. The first-order chi connectivity index (χ1) is 25.8. The summed E-state index contributed by atoms with van der Waals surface area (Å²) in [5, 5.41) is 0. The first-order valence-electron chi connectivity index (χ1n) is 20.4. The highest BCUT2D eigenvalue weighted by Crippen LogP contribution is 2.43. The number of hydrogen-bond donors (Lipinski definition) is 2. The fourth-order valence-electron chi connectivity index (χ4n) is 5.07. The zero-order valence-electron chi connectivity index (χ0n) is 33.2. The molecule has 0 heterocycles. The Balaban J connectivity index is 4.27. The number of phosphoric ester groups is 1. The Hall–Kier alpha value is -2.55. The van der Waals surface area contributed by atoms with Crippen molar-refractivity contribution in [3.63, 3.8) is 0 Å². The first-order valence-corrected chi connectivity index (χ1v) is 21.9. The molecule has 9 nitrogen and oxygen atoms in total. The smallest absolute Gasteiger partial charge is 0.462 e. The van der Waals surface area contributed by atoms with Gasteiger partial charge in [-0.3, -0.25) is 18.6 Å². The van der Waals surface area contributed by atoms with Crippen molar-refractivity contribution in [2.75, 3.05) is 26.4 Å². The number of rotatable bonds is 37. The molecular weight excluding hydrogens is 689 g/mol. The summed E-state index contributed by atoms with van der Waals surface area (Å²) >= 11 is 0. The Morgan fingerprint density at radius 3 is 1.58 bits per heavy atom. The van der Waals surface area contributed by atoms with E-state index in [1.54, 1.807) is 0 Å². The van der Waals surface area contributed by atoms with Gasteiger partial charge in [0.1, 0.15) is 6.61 Å². The van der Waals surface area contributed by atoms with Crippen molar-refractivity contribution in [2.24, 2.45) is 5.73 Å². The normalized spacial score (nSPS) is 14.1. The maximum atomic E-state index is 12.5. The zero-order chi connectivity index (χ0) is 38.9. The van der Waals surface area contributed by atoms with Gasteiger partial charge in [0.2, 0.25) is 0 Å². The third-order valence-corrected chi connectivity index (χ3v) is 9.06. The fourth-order valence-corrected chi connectivity index (χ4v) is 5.83. The second-order valence-electron chi connectivity index (χ2n) is 13.1. The number of allylic oxidation sites excluding steroid dienone is 12. The lowest BCUT2D eigenvalue weighted by molar-refractivity contribution is -0.161. The van der Waals surface area contributed by atoms with Crippen LogP contribution < -0.4 is 5.73 Å². The van der Waals surface area contributed by atoms with Crippen LogP contribution in [-0.2, 0) is 32.7 Å². The van der Waals surface area contributed by atoms with Crippen molar-refractivity contribution in [3.05, 3.63) is 72.9 Å². The maximum Gasteiger partial charge on any atom is 0.472 e. The molecule has 304 valence electrons. The molecule has 0 aliphatic heterocycles. The van der Waals surface area contributed by atoms with Crippen molar-refractivity contribution in [2.45, 2.75) is 161 Å². The van der Waals surface area contributed by atoms with Gasteiger partial charge < -0.3 is 20.1 Å². The Kier molecular flexibility index (Phi) is 37.3. The topological polar surface area (TPSA) is 134 Å². The second kappa shape index (κ2) is 39.2. The van der Waals surface area contributed by atoms with Crippen LogP contribution in [0, 0.1) is 0 Å². The predicted molar refractivity (Wildman–Crippen MR) is 219 cm³/mol. The molecule has 2 atom stereocenters. The van der Waals surface area contributed by atoms with E-state index >= 15 is 0 Å². The van der Waals surface area contributed by atoms with Crippen molar-refractivity contribution in [1.82, 2.24) is 0 Å². The maximum absolute atomic E-state index is 12.5.